The third-order valence-electron chi connectivity index (χ3n) is 4.63. The van der Waals surface area contributed by atoms with Crippen LogP contribution in [0.5, 0.6) is 11.5 Å². The molecule has 2 atom stereocenters. The molecule has 26 heavy (non-hydrogen) atoms. The first-order valence-corrected chi connectivity index (χ1v) is 8.30. The van der Waals surface area contributed by atoms with Crippen LogP contribution in [0, 0.1) is 5.82 Å². The minimum Gasteiger partial charge on any atom is -0.454 e. The number of hydrogen-bond donors (Lipinski definition) is 2. The second kappa shape index (κ2) is 6.33. The smallest absolute Gasteiger partial charge is 0.231 e. The summed E-state index contributed by atoms with van der Waals surface area (Å²) >= 11 is 0. The Hall–Kier alpha value is -3.09. The minimum atomic E-state index is -0.657. The van der Waals surface area contributed by atoms with Crippen LogP contribution in [0.25, 0.3) is 0 Å². The number of halogens is 1. The van der Waals surface area contributed by atoms with Gasteiger partial charge in [0.1, 0.15) is 5.82 Å². The fourth-order valence-corrected chi connectivity index (χ4v) is 3.25. The van der Waals surface area contributed by atoms with E-state index in [1.165, 1.54) is 12.1 Å². The van der Waals surface area contributed by atoms with E-state index in [4.69, 9.17) is 9.47 Å². The highest BCUT2D eigenvalue weighted by molar-refractivity contribution is 6.01. The molecule has 0 aromatic heterocycles. The number of benzene rings is 2. The first-order valence-electron chi connectivity index (χ1n) is 8.30. The number of hydrogen-bond acceptors (Lipinski definition) is 4. The normalized spacial score (nSPS) is 18.7. The van der Waals surface area contributed by atoms with E-state index in [1.54, 1.807) is 12.1 Å². The Morgan fingerprint density at radius 3 is 2.88 bits per heavy atom. The molecule has 4 rings (SSSR count). The van der Waals surface area contributed by atoms with Crippen LogP contribution in [0.1, 0.15) is 36.4 Å². The largest absolute Gasteiger partial charge is 0.454 e. The standard InChI is InChI=1S/C19H17FN2O4/c1-10(11-2-5-16-17(6-11)26-9-25-16)21-19(24)14-8-18(23)22-15-7-12(20)3-4-13(14)15/h2-7,10,14H,8-9H2,1H3,(H,21,24)(H,22,23). The molecule has 0 spiro atoms. The van der Waals surface area contributed by atoms with E-state index < -0.39 is 11.7 Å². The fraction of sp³-hybridized carbons (Fsp3) is 0.263. The van der Waals surface area contributed by atoms with Crippen molar-refractivity contribution in [1.29, 1.82) is 0 Å². The number of rotatable bonds is 3. The van der Waals surface area contributed by atoms with Crippen molar-refractivity contribution in [1.82, 2.24) is 5.32 Å². The lowest BCUT2D eigenvalue weighted by Crippen LogP contribution is -2.36. The second-order valence-electron chi connectivity index (χ2n) is 6.38. The predicted molar refractivity (Wildman–Crippen MR) is 91.5 cm³/mol. The van der Waals surface area contributed by atoms with Crippen LogP contribution in [0.15, 0.2) is 36.4 Å². The van der Waals surface area contributed by atoms with E-state index in [0.29, 0.717) is 22.7 Å². The number of amides is 2. The van der Waals surface area contributed by atoms with Crippen molar-refractivity contribution in [2.75, 3.05) is 12.1 Å². The van der Waals surface area contributed by atoms with Crippen LogP contribution >= 0.6 is 0 Å². The second-order valence-corrected chi connectivity index (χ2v) is 6.38. The Morgan fingerprint density at radius 1 is 1.23 bits per heavy atom. The maximum atomic E-state index is 13.4. The molecule has 0 saturated heterocycles. The van der Waals surface area contributed by atoms with Crippen molar-refractivity contribution < 1.29 is 23.5 Å². The number of carbonyl (C=O) groups excluding carboxylic acids is 2. The Balaban J connectivity index is 1.54. The molecule has 2 amide bonds. The molecular weight excluding hydrogens is 339 g/mol. The van der Waals surface area contributed by atoms with Crippen LogP contribution in [0.3, 0.4) is 0 Å². The third kappa shape index (κ3) is 2.96. The summed E-state index contributed by atoms with van der Waals surface area (Å²) < 4.78 is 24.1. The van der Waals surface area contributed by atoms with Gasteiger partial charge < -0.3 is 20.1 Å². The van der Waals surface area contributed by atoms with Gasteiger partial charge in [0.2, 0.25) is 18.6 Å². The molecule has 2 heterocycles. The molecule has 6 nitrogen and oxygen atoms in total. The van der Waals surface area contributed by atoms with Crippen molar-refractivity contribution in [2.24, 2.45) is 0 Å². The molecule has 0 bridgehead atoms. The molecule has 7 heteroatoms. The first kappa shape index (κ1) is 16.4. The number of nitrogens with one attached hydrogen (secondary N) is 2. The maximum absolute atomic E-state index is 13.4. The molecule has 0 fully saturated rings. The monoisotopic (exact) mass is 356 g/mol. The molecule has 2 unspecified atom stereocenters. The summed E-state index contributed by atoms with van der Waals surface area (Å²) in [6.07, 6.45) is 0.0261. The van der Waals surface area contributed by atoms with Gasteiger partial charge in [-0.05, 0) is 42.3 Å². The summed E-state index contributed by atoms with van der Waals surface area (Å²) in [5.74, 6) is -0.389. The van der Waals surface area contributed by atoms with Crippen molar-refractivity contribution in [3.05, 3.63) is 53.3 Å². The topological polar surface area (TPSA) is 76.7 Å². The van der Waals surface area contributed by atoms with Gasteiger partial charge in [0.25, 0.3) is 0 Å². The zero-order chi connectivity index (χ0) is 18.3. The van der Waals surface area contributed by atoms with Gasteiger partial charge in [-0.3, -0.25) is 9.59 Å². The fourth-order valence-electron chi connectivity index (χ4n) is 3.25. The first-order chi connectivity index (χ1) is 12.5. The maximum Gasteiger partial charge on any atom is 0.231 e. The molecule has 134 valence electrons. The lowest BCUT2D eigenvalue weighted by atomic mass is 9.89. The summed E-state index contributed by atoms with van der Waals surface area (Å²) in [5.41, 5.74) is 1.82. The molecular formula is C19H17FN2O4. The molecule has 2 aliphatic rings. The predicted octanol–water partition coefficient (Wildman–Crippen LogP) is 2.86. The van der Waals surface area contributed by atoms with Crippen LogP contribution in [-0.4, -0.2) is 18.6 Å². The van der Waals surface area contributed by atoms with Gasteiger partial charge in [-0.25, -0.2) is 4.39 Å². The van der Waals surface area contributed by atoms with E-state index >= 15 is 0 Å². The number of carbonyl (C=O) groups is 2. The SMILES string of the molecule is CC(NC(=O)C1CC(=O)Nc2cc(F)ccc21)c1ccc2c(c1)OCO2. The molecule has 2 N–H and O–H groups in total. The van der Waals surface area contributed by atoms with Gasteiger partial charge in [0.05, 0.1) is 12.0 Å². The van der Waals surface area contributed by atoms with Gasteiger partial charge in [0, 0.05) is 12.1 Å². The van der Waals surface area contributed by atoms with E-state index in [-0.39, 0.29) is 31.1 Å². The zero-order valence-corrected chi connectivity index (χ0v) is 14.0. The van der Waals surface area contributed by atoms with E-state index in [0.717, 1.165) is 5.56 Å². The van der Waals surface area contributed by atoms with Gasteiger partial charge >= 0.3 is 0 Å². The Bertz CT molecular complexity index is 899. The Morgan fingerprint density at radius 2 is 2.04 bits per heavy atom. The highest BCUT2D eigenvalue weighted by Gasteiger charge is 2.31. The summed E-state index contributed by atoms with van der Waals surface area (Å²) in [4.78, 5) is 24.7. The quantitative estimate of drug-likeness (QED) is 0.887. The lowest BCUT2D eigenvalue weighted by Gasteiger charge is -2.26. The molecule has 2 aliphatic heterocycles. The molecule has 0 aliphatic carbocycles. The summed E-state index contributed by atoms with van der Waals surface area (Å²) in [6.45, 7) is 2.04. The highest BCUT2D eigenvalue weighted by Crippen LogP contribution is 2.35. The average molecular weight is 356 g/mol. The van der Waals surface area contributed by atoms with Gasteiger partial charge in [-0.1, -0.05) is 12.1 Å². The summed E-state index contributed by atoms with van der Waals surface area (Å²) in [5, 5.41) is 5.53. The third-order valence-corrected chi connectivity index (χ3v) is 4.63. The average Bonchev–Trinajstić information content (AvgIpc) is 3.08. The van der Waals surface area contributed by atoms with Gasteiger partial charge in [-0.2, -0.15) is 0 Å². The van der Waals surface area contributed by atoms with Gasteiger partial charge in [0.15, 0.2) is 11.5 Å². The zero-order valence-electron chi connectivity index (χ0n) is 14.0. The van der Waals surface area contributed by atoms with E-state index in [9.17, 15) is 14.0 Å². The van der Waals surface area contributed by atoms with E-state index in [1.807, 2.05) is 19.1 Å². The molecule has 0 saturated carbocycles. The van der Waals surface area contributed by atoms with Crippen LogP contribution in [0.4, 0.5) is 10.1 Å². The Labute approximate surface area is 149 Å². The van der Waals surface area contributed by atoms with Crippen LogP contribution < -0.4 is 20.1 Å². The van der Waals surface area contributed by atoms with Gasteiger partial charge in [-0.15, -0.1) is 0 Å². The van der Waals surface area contributed by atoms with Crippen molar-refractivity contribution in [3.63, 3.8) is 0 Å². The van der Waals surface area contributed by atoms with Crippen LogP contribution in [-0.2, 0) is 9.59 Å². The number of fused-ring (bicyclic) bond motifs is 2. The summed E-state index contributed by atoms with van der Waals surface area (Å²) in [7, 11) is 0. The number of anilines is 1. The van der Waals surface area contributed by atoms with Crippen molar-refractivity contribution in [2.45, 2.75) is 25.3 Å². The molecule has 2 aromatic rings. The van der Waals surface area contributed by atoms with E-state index in [2.05, 4.69) is 10.6 Å². The summed E-state index contributed by atoms with van der Waals surface area (Å²) in [6, 6.07) is 9.25. The van der Waals surface area contributed by atoms with Crippen LogP contribution in [0.2, 0.25) is 0 Å². The number of ether oxygens (including phenoxy) is 2. The lowest BCUT2D eigenvalue weighted by molar-refractivity contribution is -0.126. The Kier molecular flexibility index (Phi) is 3.99. The highest BCUT2D eigenvalue weighted by atomic mass is 19.1. The van der Waals surface area contributed by atoms with Crippen molar-refractivity contribution in [3.8, 4) is 11.5 Å². The minimum absolute atomic E-state index is 0.0261. The molecule has 2 aromatic carbocycles. The van der Waals surface area contributed by atoms with Crippen molar-refractivity contribution >= 4 is 17.5 Å². The molecule has 0 radical (unpaired) electrons.